The number of nitriles is 1. The second-order valence-corrected chi connectivity index (χ2v) is 5.37. The van der Waals surface area contributed by atoms with E-state index in [-0.39, 0.29) is 0 Å². The van der Waals surface area contributed by atoms with Gasteiger partial charge in [-0.25, -0.2) is 5.84 Å². The molecule has 2 rings (SSSR count). The summed E-state index contributed by atoms with van der Waals surface area (Å²) < 4.78 is 10.9. The number of nitrogens with zero attached hydrogens (tertiary/aromatic N) is 2. The van der Waals surface area contributed by atoms with E-state index in [4.69, 9.17) is 21.1 Å². The topological polar surface area (TPSA) is 97.5 Å². The van der Waals surface area contributed by atoms with Gasteiger partial charge >= 0.3 is 0 Å². The molecule has 0 fully saturated rings. The number of hydrogen-bond acceptors (Lipinski definition) is 6. The minimum absolute atomic E-state index is 0.515. The van der Waals surface area contributed by atoms with E-state index in [0.29, 0.717) is 29.5 Å². The molecule has 6 nitrogen and oxygen atoms in total. The second kappa shape index (κ2) is 8.08. The summed E-state index contributed by atoms with van der Waals surface area (Å²) in [5.74, 6) is 7.01. The number of hydrogen-bond donors (Lipinski definition) is 2. The van der Waals surface area contributed by atoms with Gasteiger partial charge in [-0.3, -0.25) is 0 Å². The van der Waals surface area contributed by atoms with Gasteiger partial charge in [0, 0.05) is 13.1 Å². The summed E-state index contributed by atoms with van der Waals surface area (Å²) >= 11 is 0. The van der Waals surface area contributed by atoms with Crippen molar-refractivity contribution in [3.63, 3.8) is 0 Å². The molecule has 0 aliphatic carbocycles. The first-order chi connectivity index (χ1) is 12.0. The molecule has 0 aliphatic heterocycles. The molecule has 0 spiro atoms. The lowest BCUT2D eigenvalue weighted by atomic mass is 9.96. The molecule has 2 aromatic carbocycles. The number of benzene rings is 2. The van der Waals surface area contributed by atoms with E-state index in [2.05, 4.69) is 6.07 Å². The van der Waals surface area contributed by atoms with Crippen molar-refractivity contribution in [3.8, 4) is 17.6 Å². The summed E-state index contributed by atoms with van der Waals surface area (Å²) in [5, 5.41) is 10.7. The van der Waals surface area contributed by atoms with Crippen molar-refractivity contribution >= 4 is 16.9 Å². The number of methoxy groups -OCH3 is 1. The highest BCUT2D eigenvalue weighted by atomic mass is 16.5. The average Bonchev–Trinajstić information content (AvgIpc) is 2.59. The molecule has 0 heterocycles. The van der Waals surface area contributed by atoms with E-state index < -0.39 is 0 Å². The van der Waals surface area contributed by atoms with Crippen molar-refractivity contribution in [2.45, 2.75) is 6.92 Å². The van der Waals surface area contributed by atoms with Crippen LogP contribution in [0.15, 0.2) is 42.5 Å². The molecule has 0 saturated carbocycles. The zero-order valence-electron chi connectivity index (χ0n) is 14.6. The van der Waals surface area contributed by atoms with Gasteiger partial charge in [-0.05, 0) is 47.9 Å². The van der Waals surface area contributed by atoms with Gasteiger partial charge in [0.2, 0.25) is 0 Å². The summed E-state index contributed by atoms with van der Waals surface area (Å²) in [7, 11) is 3.31. The highest BCUT2D eigenvalue weighted by Gasteiger charge is 2.12. The van der Waals surface area contributed by atoms with Gasteiger partial charge in [0.1, 0.15) is 0 Å². The Balaban J connectivity index is 2.53. The quantitative estimate of drug-likeness (QED) is 0.364. The summed E-state index contributed by atoms with van der Waals surface area (Å²) in [5.41, 5.74) is 9.72. The molecule has 6 heteroatoms. The lowest BCUT2D eigenvalue weighted by molar-refractivity contribution is 0.311. The van der Waals surface area contributed by atoms with Crippen LogP contribution in [0.2, 0.25) is 0 Å². The molecule has 0 atom stereocenters. The standard InChI is InChI=1S/C19H22N4O2/c1-4-25-19-12-14(6-8-18(19)24-3)15(9-10-20)13-5-7-17(23(2)22)16(21)11-13/h5-9,11-12H,4,21-22H2,1-3H3/b15-9+. The van der Waals surface area contributed by atoms with Crippen LogP contribution in [0.3, 0.4) is 0 Å². The van der Waals surface area contributed by atoms with E-state index in [9.17, 15) is 5.26 Å². The van der Waals surface area contributed by atoms with Crippen LogP contribution in [0.5, 0.6) is 11.5 Å². The highest BCUT2D eigenvalue weighted by molar-refractivity contribution is 5.85. The Labute approximate surface area is 147 Å². The summed E-state index contributed by atoms with van der Waals surface area (Å²) in [6, 6.07) is 13.1. The van der Waals surface area contributed by atoms with E-state index >= 15 is 0 Å². The molecule has 0 bridgehead atoms. The van der Waals surface area contributed by atoms with Crippen molar-refractivity contribution in [2.75, 3.05) is 31.5 Å². The molecule has 4 N–H and O–H groups in total. The Morgan fingerprint density at radius 2 is 1.88 bits per heavy atom. The van der Waals surface area contributed by atoms with E-state index in [1.165, 1.54) is 11.1 Å². The maximum Gasteiger partial charge on any atom is 0.161 e. The zero-order valence-corrected chi connectivity index (χ0v) is 14.6. The van der Waals surface area contributed by atoms with Gasteiger partial charge in [0.15, 0.2) is 11.5 Å². The predicted octanol–water partition coefficient (Wildman–Crippen LogP) is 2.94. The minimum Gasteiger partial charge on any atom is -0.493 e. The summed E-state index contributed by atoms with van der Waals surface area (Å²) in [6.45, 7) is 2.42. The maximum absolute atomic E-state index is 9.20. The summed E-state index contributed by atoms with van der Waals surface area (Å²) in [4.78, 5) is 0. The Morgan fingerprint density at radius 1 is 1.20 bits per heavy atom. The smallest absolute Gasteiger partial charge is 0.161 e. The van der Waals surface area contributed by atoms with Crippen molar-refractivity contribution < 1.29 is 9.47 Å². The Bertz CT molecular complexity index is 823. The van der Waals surface area contributed by atoms with Crippen molar-refractivity contribution in [1.82, 2.24) is 0 Å². The summed E-state index contributed by atoms with van der Waals surface area (Å²) in [6.07, 6.45) is 1.48. The first kappa shape index (κ1) is 18.2. The van der Waals surface area contributed by atoms with Crippen LogP contribution in [0, 0.1) is 11.3 Å². The number of anilines is 2. The lowest BCUT2D eigenvalue weighted by Crippen LogP contribution is -2.25. The van der Waals surface area contributed by atoms with E-state index in [1.807, 2.05) is 37.3 Å². The minimum atomic E-state index is 0.515. The number of ether oxygens (including phenoxy) is 2. The van der Waals surface area contributed by atoms with Crippen LogP contribution in [0.1, 0.15) is 18.1 Å². The van der Waals surface area contributed by atoms with Gasteiger partial charge in [0.25, 0.3) is 0 Å². The lowest BCUT2D eigenvalue weighted by Gasteiger charge is -2.17. The number of hydrazine groups is 1. The molecule has 130 valence electrons. The van der Waals surface area contributed by atoms with Crippen LogP contribution < -0.4 is 26.1 Å². The Kier molecular flexibility index (Phi) is 5.88. The van der Waals surface area contributed by atoms with Crippen LogP contribution >= 0.6 is 0 Å². The Morgan fingerprint density at radius 3 is 2.44 bits per heavy atom. The normalized spacial score (nSPS) is 10.9. The fourth-order valence-electron chi connectivity index (χ4n) is 2.55. The fourth-order valence-corrected chi connectivity index (χ4v) is 2.55. The van der Waals surface area contributed by atoms with Crippen LogP contribution in [0.25, 0.3) is 5.57 Å². The molecule has 0 aromatic heterocycles. The number of nitrogen functional groups attached to an aromatic ring is 1. The van der Waals surface area contributed by atoms with Crippen LogP contribution in [0.4, 0.5) is 11.4 Å². The van der Waals surface area contributed by atoms with E-state index in [1.54, 1.807) is 20.2 Å². The first-order valence-corrected chi connectivity index (χ1v) is 7.81. The number of nitrogens with two attached hydrogens (primary N) is 2. The highest BCUT2D eigenvalue weighted by Crippen LogP contribution is 2.34. The largest absolute Gasteiger partial charge is 0.493 e. The average molecular weight is 338 g/mol. The molecular formula is C19H22N4O2. The molecule has 25 heavy (non-hydrogen) atoms. The van der Waals surface area contributed by atoms with Crippen LogP contribution in [-0.2, 0) is 0 Å². The third-order valence-corrected chi connectivity index (χ3v) is 3.70. The molecule has 0 unspecified atom stereocenters. The van der Waals surface area contributed by atoms with Crippen molar-refractivity contribution in [2.24, 2.45) is 5.84 Å². The van der Waals surface area contributed by atoms with Gasteiger partial charge < -0.3 is 20.2 Å². The predicted molar refractivity (Wildman–Crippen MR) is 100 cm³/mol. The van der Waals surface area contributed by atoms with Gasteiger partial charge in [0.05, 0.1) is 31.2 Å². The van der Waals surface area contributed by atoms with Crippen molar-refractivity contribution in [1.29, 1.82) is 5.26 Å². The number of allylic oxidation sites excluding steroid dienone is 1. The van der Waals surface area contributed by atoms with E-state index in [0.717, 1.165) is 16.7 Å². The van der Waals surface area contributed by atoms with Gasteiger partial charge in [-0.1, -0.05) is 12.1 Å². The zero-order chi connectivity index (χ0) is 18.4. The Hall–Kier alpha value is -3.17. The molecule has 0 radical (unpaired) electrons. The first-order valence-electron chi connectivity index (χ1n) is 7.81. The maximum atomic E-state index is 9.20. The third-order valence-electron chi connectivity index (χ3n) is 3.70. The fraction of sp³-hybridized carbons (Fsp3) is 0.211. The third kappa shape index (κ3) is 4.03. The second-order valence-electron chi connectivity index (χ2n) is 5.37. The van der Waals surface area contributed by atoms with Crippen molar-refractivity contribution in [3.05, 3.63) is 53.6 Å². The molecule has 2 aromatic rings. The number of rotatable bonds is 6. The SMILES string of the molecule is CCOc1cc(/C(=C/C#N)c2ccc(N(C)N)c(N)c2)ccc1OC. The monoisotopic (exact) mass is 338 g/mol. The van der Waals surface area contributed by atoms with Gasteiger partial charge in [-0.2, -0.15) is 5.26 Å². The molecule has 0 amide bonds. The van der Waals surface area contributed by atoms with Crippen LogP contribution in [-0.4, -0.2) is 20.8 Å². The molecule has 0 saturated heterocycles. The molecular weight excluding hydrogens is 316 g/mol. The van der Waals surface area contributed by atoms with Gasteiger partial charge in [-0.15, -0.1) is 0 Å². The molecule has 0 aliphatic rings.